The standard InChI is InChI=1S/C18H19FN6O2/c1-10-8-11(2)25(22-10)17-20-15-14(16(26)21-18(27)23(15)3)24(17)9-12-4-6-13(19)7-5-12/h4-8,14-15H,9H2,1-3H3,(H,21,26,27). The lowest BCUT2D eigenvalue weighted by atomic mass is 10.1. The fourth-order valence-electron chi connectivity index (χ4n) is 3.47. The number of aliphatic imine (C=N–C) groups is 1. The van der Waals surface area contributed by atoms with E-state index < -0.39 is 24.1 Å². The van der Waals surface area contributed by atoms with Crippen molar-refractivity contribution < 1.29 is 14.0 Å². The first-order valence-corrected chi connectivity index (χ1v) is 8.55. The van der Waals surface area contributed by atoms with Gasteiger partial charge in [0.05, 0.1) is 5.69 Å². The topological polar surface area (TPSA) is 82.8 Å². The second kappa shape index (κ2) is 6.19. The minimum atomic E-state index is -0.684. The Labute approximate surface area is 155 Å². The number of rotatable bonds is 2. The number of halogens is 1. The van der Waals surface area contributed by atoms with Gasteiger partial charge in [-0.3, -0.25) is 10.1 Å². The van der Waals surface area contributed by atoms with Crippen molar-refractivity contribution in [2.24, 2.45) is 4.99 Å². The minimum absolute atomic E-state index is 0.327. The summed E-state index contributed by atoms with van der Waals surface area (Å²) in [6.45, 7) is 4.10. The molecule has 1 aromatic heterocycles. The van der Waals surface area contributed by atoms with Gasteiger partial charge in [0.25, 0.3) is 5.91 Å². The Morgan fingerprint density at radius 1 is 1.19 bits per heavy atom. The van der Waals surface area contributed by atoms with Gasteiger partial charge >= 0.3 is 6.03 Å². The number of likely N-dealkylation sites (N-methyl/N-ethyl adjacent to an activating group) is 1. The Balaban J connectivity index is 1.77. The Hall–Kier alpha value is -3.23. The third-order valence-electron chi connectivity index (χ3n) is 4.80. The third kappa shape index (κ3) is 2.84. The summed E-state index contributed by atoms with van der Waals surface area (Å²) in [5.74, 6) is -0.256. The van der Waals surface area contributed by atoms with Crippen molar-refractivity contribution in [2.45, 2.75) is 32.6 Å². The predicted molar refractivity (Wildman–Crippen MR) is 95.4 cm³/mol. The summed E-state index contributed by atoms with van der Waals surface area (Å²) in [6.07, 6.45) is -0.648. The van der Waals surface area contributed by atoms with Crippen LogP contribution in [0.15, 0.2) is 35.3 Å². The van der Waals surface area contributed by atoms with E-state index in [-0.39, 0.29) is 5.82 Å². The normalized spacial score (nSPS) is 22.0. The maximum absolute atomic E-state index is 13.3. The molecule has 2 unspecified atom stereocenters. The fraction of sp³-hybridized carbons (Fsp3) is 0.333. The van der Waals surface area contributed by atoms with Crippen molar-refractivity contribution in [3.63, 3.8) is 0 Å². The summed E-state index contributed by atoms with van der Waals surface area (Å²) in [5.41, 5.74) is 2.50. The molecule has 0 bridgehead atoms. The number of amides is 3. The van der Waals surface area contributed by atoms with Gasteiger partial charge in [-0.2, -0.15) is 5.10 Å². The van der Waals surface area contributed by atoms with Crippen molar-refractivity contribution in [3.8, 4) is 0 Å². The van der Waals surface area contributed by atoms with Crippen LogP contribution in [0, 0.1) is 19.7 Å². The lowest BCUT2D eigenvalue weighted by Gasteiger charge is -2.36. The second-order valence-electron chi connectivity index (χ2n) is 6.79. The molecular weight excluding hydrogens is 351 g/mol. The molecule has 140 valence electrons. The highest BCUT2D eigenvalue weighted by atomic mass is 19.1. The molecule has 3 heterocycles. The van der Waals surface area contributed by atoms with Gasteiger partial charge in [0, 0.05) is 19.3 Å². The first-order chi connectivity index (χ1) is 12.8. The number of hydrogen-bond donors (Lipinski definition) is 1. The van der Waals surface area contributed by atoms with Crippen LogP contribution in [0.4, 0.5) is 9.18 Å². The Morgan fingerprint density at radius 2 is 1.89 bits per heavy atom. The molecular formula is C18H19FN6O2. The first-order valence-electron chi connectivity index (χ1n) is 8.55. The van der Waals surface area contributed by atoms with Crippen molar-refractivity contribution >= 4 is 17.9 Å². The monoisotopic (exact) mass is 370 g/mol. The van der Waals surface area contributed by atoms with Crippen LogP contribution in [-0.2, 0) is 11.3 Å². The van der Waals surface area contributed by atoms with E-state index >= 15 is 0 Å². The molecule has 0 aliphatic carbocycles. The van der Waals surface area contributed by atoms with Crippen LogP contribution < -0.4 is 5.32 Å². The summed E-state index contributed by atoms with van der Waals surface area (Å²) >= 11 is 0. The number of urea groups is 1. The van der Waals surface area contributed by atoms with Crippen LogP contribution in [0.1, 0.15) is 17.0 Å². The van der Waals surface area contributed by atoms with Crippen LogP contribution >= 0.6 is 0 Å². The Kier molecular flexibility index (Phi) is 3.94. The summed E-state index contributed by atoms with van der Waals surface area (Å²) in [5, 5.41) is 6.83. The number of imide groups is 1. The molecule has 1 N–H and O–H groups in total. The number of aromatic nitrogens is 2. The number of benzene rings is 1. The molecule has 0 radical (unpaired) electrons. The lowest BCUT2D eigenvalue weighted by Crippen LogP contribution is -2.63. The minimum Gasteiger partial charge on any atom is -0.321 e. The average molecular weight is 370 g/mol. The summed E-state index contributed by atoms with van der Waals surface area (Å²) in [4.78, 5) is 32.4. The van der Waals surface area contributed by atoms with Crippen LogP contribution in [0.2, 0.25) is 0 Å². The van der Waals surface area contributed by atoms with Gasteiger partial charge in [-0.05, 0) is 37.6 Å². The number of aryl methyl sites for hydroxylation is 2. The van der Waals surface area contributed by atoms with Gasteiger partial charge in [0.1, 0.15) is 5.82 Å². The highest BCUT2D eigenvalue weighted by molar-refractivity contribution is 6.04. The van der Waals surface area contributed by atoms with Crippen LogP contribution in [0.3, 0.4) is 0 Å². The van der Waals surface area contributed by atoms with Gasteiger partial charge in [-0.15, -0.1) is 0 Å². The Morgan fingerprint density at radius 3 is 2.52 bits per heavy atom. The lowest BCUT2D eigenvalue weighted by molar-refractivity contribution is -0.127. The summed E-state index contributed by atoms with van der Waals surface area (Å²) < 4.78 is 14.9. The van der Waals surface area contributed by atoms with Gasteiger partial charge in [0.15, 0.2) is 12.2 Å². The zero-order valence-corrected chi connectivity index (χ0v) is 15.2. The van der Waals surface area contributed by atoms with Crippen molar-refractivity contribution in [1.82, 2.24) is 24.9 Å². The zero-order chi connectivity index (χ0) is 19.3. The summed E-state index contributed by atoms with van der Waals surface area (Å²) in [7, 11) is 1.60. The SMILES string of the molecule is Cc1cc(C)n(C2=NC3C(C(=O)NC(=O)N3C)N2Cc2ccc(F)cc2)n1. The molecule has 2 atom stereocenters. The van der Waals surface area contributed by atoms with Crippen LogP contribution in [0.5, 0.6) is 0 Å². The van der Waals surface area contributed by atoms with Gasteiger partial charge in [0.2, 0.25) is 5.96 Å². The number of nitrogens with one attached hydrogen (secondary N) is 1. The fourth-order valence-corrected chi connectivity index (χ4v) is 3.47. The van der Waals surface area contributed by atoms with E-state index in [2.05, 4.69) is 15.4 Å². The number of carbonyl (C=O) groups excluding carboxylic acids is 2. The van der Waals surface area contributed by atoms with Crippen LogP contribution in [-0.4, -0.2) is 56.7 Å². The molecule has 2 aromatic rings. The van der Waals surface area contributed by atoms with E-state index in [1.54, 1.807) is 28.8 Å². The van der Waals surface area contributed by atoms with Crippen LogP contribution in [0.25, 0.3) is 0 Å². The second-order valence-corrected chi connectivity index (χ2v) is 6.79. The maximum Gasteiger partial charge on any atom is 0.325 e. The van der Waals surface area contributed by atoms with Crippen molar-refractivity contribution in [1.29, 1.82) is 0 Å². The zero-order valence-electron chi connectivity index (χ0n) is 15.2. The number of fused-ring (bicyclic) bond motifs is 1. The highest BCUT2D eigenvalue weighted by Gasteiger charge is 2.49. The smallest absolute Gasteiger partial charge is 0.321 e. The molecule has 8 nitrogen and oxygen atoms in total. The molecule has 2 aliphatic rings. The molecule has 1 aromatic carbocycles. The largest absolute Gasteiger partial charge is 0.325 e. The van der Waals surface area contributed by atoms with E-state index in [0.717, 1.165) is 17.0 Å². The predicted octanol–water partition coefficient (Wildman–Crippen LogP) is 1.24. The molecule has 0 saturated carbocycles. The summed E-state index contributed by atoms with van der Waals surface area (Å²) in [6, 6.07) is 6.82. The molecule has 9 heteroatoms. The van der Waals surface area contributed by atoms with Crippen molar-refractivity contribution in [3.05, 3.63) is 53.1 Å². The third-order valence-corrected chi connectivity index (χ3v) is 4.80. The van der Waals surface area contributed by atoms with E-state index in [4.69, 9.17) is 0 Å². The molecule has 3 amide bonds. The molecule has 1 saturated heterocycles. The van der Waals surface area contributed by atoms with E-state index in [0.29, 0.717) is 12.5 Å². The van der Waals surface area contributed by atoms with Gasteiger partial charge in [-0.25, -0.2) is 18.9 Å². The molecule has 4 rings (SSSR count). The first kappa shape index (κ1) is 17.2. The van der Waals surface area contributed by atoms with E-state index in [9.17, 15) is 14.0 Å². The quantitative estimate of drug-likeness (QED) is 0.862. The molecule has 1 fully saturated rings. The van der Waals surface area contributed by atoms with Crippen molar-refractivity contribution in [2.75, 3.05) is 7.05 Å². The number of hydrogen-bond acceptors (Lipinski definition) is 5. The number of nitrogens with zero attached hydrogens (tertiary/aromatic N) is 5. The molecule has 2 aliphatic heterocycles. The molecule has 0 spiro atoms. The number of carbonyl (C=O) groups is 2. The molecule has 27 heavy (non-hydrogen) atoms. The maximum atomic E-state index is 13.3. The van der Waals surface area contributed by atoms with E-state index in [1.165, 1.54) is 17.0 Å². The van der Waals surface area contributed by atoms with E-state index in [1.807, 2.05) is 19.9 Å². The Bertz CT molecular complexity index is 951. The van der Waals surface area contributed by atoms with Gasteiger partial charge < -0.3 is 9.80 Å². The highest BCUT2D eigenvalue weighted by Crippen LogP contribution is 2.27. The average Bonchev–Trinajstić information content (AvgIpc) is 3.15. The van der Waals surface area contributed by atoms with Gasteiger partial charge in [-0.1, -0.05) is 12.1 Å².